The van der Waals surface area contributed by atoms with Gasteiger partial charge in [0.1, 0.15) is 5.82 Å². The third kappa shape index (κ3) is 4.60. The van der Waals surface area contributed by atoms with Crippen LogP contribution in [0, 0.1) is 12.7 Å². The number of rotatable bonds is 5. The highest BCUT2D eigenvalue weighted by Crippen LogP contribution is 2.24. The molecule has 0 saturated carbocycles. The van der Waals surface area contributed by atoms with E-state index in [9.17, 15) is 9.18 Å². The zero-order chi connectivity index (χ0) is 19.4. The van der Waals surface area contributed by atoms with E-state index < -0.39 is 6.04 Å². The third-order valence-electron chi connectivity index (χ3n) is 4.78. The lowest BCUT2D eigenvalue weighted by molar-refractivity contribution is -0.119. The number of benzene rings is 1. The minimum Gasteiger partial charge on any atom is -0.341 e. The lowest BCUT2D eigenvalue weighted by Crippen LogP contribution is -2.42. The molecule has 1 saturated heterocycles. The lowest BCUT2D eigenvalue weighted by Gasteiger charge is -2.28. The van der Waals surface area contributed by atoms with Crippen LogP contribution < -0.4 is 15.5 Å². The first-order valence-electron chi connectivity index (χ1n) is 9.34. The van der Waals surface area contributed by atoms with Gasteiger partial charge in [0.15, 0.2) is 0 Å². The number of hydrogen-bond donors (Lipinski definition) is 1. The average molecular weight is 371 g/mol. The number of carbonyl (C=O) groups is 1. The Balaban J connectivity index is 1.82. The molecule has 0 radical (unpaired) electrons. The van der Waals surface area contributed by atoms with E-state index in [-0.39, 0.29) is 18.3 Å². The quantitative estimate of drug-likeness (QED) is 0.875. The van der Waals surface area contributed by atoms with E-state index in [1.54, 1.807) is 37.2 Å². The Hall–Kier alpha value is -2.54. The molecule has 144 valence electrons. The molecule has 2 heterocycles. The monoisotopic (exact) mass is 371 g/mol. The average Bonchev–Trinajstić information content (AvgIpc) is 2.67. The molecule has 0 bridgehead atoms. The number of nitrogens with zero attached hydrogens (tertiary/aromatic N) is 4. The minimum atomic E-state index is -0.664. The van der Waals surface area contributed by atoms with Crippen LogP contribution in [-0.4, -0.2) is 35.0 Å². The van der Waals surface area contributed by atoms with Crippen molar-refractivity contribution in [3.8, 4) is 0 Å². The minimum absolute atomic E-state index is 0.232. The van der Waals surface area contributed by atoms with Crippen molar-refractivity contribution in [2.75, 3.05) is 22.9 Å². The molecule has 2 N–H and O–H groups in total. The summed E-state index contributed by atoms with van der Waals surface area (Å²) in [6.45, 7) is 5.65. The van der Waals surface area contributed by atoms with Crippen molar-refractivity contribution in [2.45, 2.75) is 45.7 Å². The van der Waals surface area contributed by atoms with Crippen LogP contribution in [0.1, 0.15) is 37.3 Å². The molecule has 1 fully saturated rings. The summed E-state index contributed by atoms with van der Waals surface area (Å²) in [5.74, 6) is 0.157. The van der Waals surface area contributed by atoms with Gasteiger partial charge in [0.05, 0.1) is 12.6 Å². The highest BCUT2D eigenvalue weighted by atomic mass is 19.1. The van der Waals surface area contributed by atoms with Crippen LogP contribution in [0.25, 0.3) is 0 Å². The molecule has 7 heteroatoms. The van der Waals surface area contributed by atoms with Crippen molar-refractivity contribution < 1.29 is 9.18 Å². The Morgan fingerprint density at radius 2 is 1.93 bits per heavy atom. The largest absolute Gasteiger partial charge is 0.341 e. The van der Waals surface area contributed by atoms with Crippen molar-refractivity contribution in [3.05, 3.63) is 47.5 Å². The summed E-state index contributed by atoms with van der Waals surface area (Å²) in [7, 11) is 0. The second kappa shape index (κ2) is 8.43. The Kier molecular flexibility index (Phi) is 6.01. The van der Waals surface area contributed by atoms with E-state index in [4.69, 9.17) is 5.73 Å². The van der Waals surface area contributed by atoms with Gasteiger partial charge in [-0.15, -0.1) is 0 Å². The molecule has 1 aromatic carbocycles. The van der Waals surface area contributed by atoms with Crippen LogP contribution in [0.4, 0.5) is 16.0 Å². The van der Waals surface area contributed by atoms with Crippen LogP contribution >= 0.6 is 0 Å². The van der Waals surface area contributed by atoms with Crippen LogP contribution in [0.3, 0.4) is 0 Å². The summed E-state index contributed by atoms with van der Waals surface area (Å²) in [5, 5.41) is 0. The van der Waals surface area contributed by atoms with E-state index in [1.807, 2.05) is 0 Å². The Morgan fingerprint density at radius 1 is 1.26 bits per heavy atom. The van der Waals surface area contributed by atoms with E-state index in [2.05, 4.69) is 14.9 Å². The van der Waals surface area contributed by atoms with Gasteiger partial charge in [0.25, 0.3) is 0 Å². The second-order valence-electron chi connectivity index (χ2n) is 7.08. The topological polar surface area (TPSA) is 75.4 Å². The maximum atomic E-state index is 13.5. The van der Waals surface area contributed by atoms with Crippen molar-refractivity contribution in [1.82, 2.24) is 9.97 Å². The molecule has 1 amide bonds. The predicted octanol–water partition coefficient (Wildman–Crippen LogP) is 2.79. The number of anilines is 2. The van der Waals surface area contributed by atoms with Gasteiger partial charge >= 0.3 is 0 Å². The maximum absolute atomic E-state index is 13.5. The normalized spacial score (nSPS) is 15.5. The molecule has 0 aliphatic carbocycles. The molecular formula is C20H26FN5O. The fourth-order valence-electron chi connectivity index (χ4n) is 3.32. The van der Waals surface area contributed by atoms with Gasteiger partial charge in [-0.3, -0.25) is 4.79 Å². The van der Waals surface area contributed by atoms with Crippen molar-refractivity contribution in [1.29, 1.82) is 0 Å². The zero-order valence-corrected chi connectivity index (χ0v) is 15.9. The lowest BCUT2D eigenvalue weighted by atomic mass is 10.1. The maximum Gasteiger partial charge on any atom is 0.243 e. The number of amides is 1. The molecule has 0 spiro atoms. The van der Waals surface area contributed by atoms with Gasteiger partial charge in [0.2, 0.25) is 11.9 Å². The highest BCUT2D eigenvalue weighted by molar-refractivity contribution is 5.97. The van der Waals surface area contributed by atoms with Crippen LogP contribution in [0.2, 0.25) is 0 Å². The number of hydrogen-bond acceptors (Lipinski definition) is 5. The van der Waals surface area contributed by atoms with Gasteiger partial charge in [-0.25, -0.2) is 14.4 Å². The van der Waals surface area contributed by atoms with E-state index in [0.29, 0.717) is 11.3 Å². The molecule has 27 heavy (non-hydrogen) atoms. The number of aromatic nitrogens is 2. The highest BCUT2D eigenvalue weighted by Gasteiger charge is 2.22. The predicted molar refractivity (Wildman–Crippen MR) is 104 cm³/mol. The molecule has 2 aromatic rings. The molecular weight excluding hydrogens is 345 g/mol. The molecule has 1 aliphatic heterocycles. The summed E-state index contributed by atoms with van der Waals surface area (Å²) in [5.41, 5.74) is 7.94. The van der Waals surface area contributed by atoms with E-state index >= 15 is 0 Å². The van der Waals surface area contributed by atoms with Crippen molar-refractivity contribution >= 4 is 17.5 Å². The smallest absolute Gasteiger partial charge is 0.243 e. The fourth-order valence-corrected chi connectivity index (χ4v) is 3.32. The Bertz CT molecular complexity index is 787. The molecule has 1 aromatic heterocycles. The van der Waals surface area contributed by atoms with Crippen molar-refractivity contribution in [2.24, 2.45) is 5.73 Å². The number of nitrogens with two attached hydrogens (primary N) is 1. The zero-order valence-electron chi connectivity index (χ0n) is 15.9. The summed E-state index contributed by atoms with van der Waals surface area (Å²) in [6, 6.07) is 3.70. The number of aryl methyl sites for hydroxylation is 1. The fraction of sp³-hybridized carbons (Fsp3) is 0.450. The standard InChI is InChI=1S/C20H26FN5O/c1-14-10-17(21)6-7-18(14)26(19(27)15(2)22)13-16-11-23-20(24-12-16)25-8-4-3-5-9-25/h6-7,10-12,15H,3-5,8-9,13,22H2,1-2H3/t15-/m0/s1. The summed E-state index contributed by atoms with van der Waals surface area (Å²) in [4.78, 5) is 25.4. The van der Waals surface area contributed by atoms with Gasteiger partial charge in [-0.1, -0.05) is 0 Å². The van der Waals surface area contributed by atoms with Gasteiger partial charge in [-0.05, 0) is 56.9 Å². The molecule has 3 rings (SSSR count). The Morgan fingerprint density at radius 3 is 2.52 bits per heavy atom. The third-order valence-corrected chi connectivity index (χ3v) is 4.78. The SMILES string of the molecule is Cc1cc(F)ccc1N(Cc1cnc(N2CCCCC2)nc1)C(=O)[C@H](C)N. The number of halogens is 1. The van der Waals surface area contributed by atoms with E-state index in [0.717, 1.165) is 37.4 Å². The van der Waals surface area contributed by atoms with Crippen LogP contribution in [-0.2, 0) is 11.3 Å². The second-order valence-corrected chi connectivity index (χ2v) is 7.08. The first-order valence-corrected chi connectivity index (χ1v) is 9.34. The molecule has 1 aliphatic rings. The molecule has 1 atom stereocenters. The summed E-state index contributed by atoms with van der Waals surface area (Å²) < 4.78 is 13.5. The van der Waals surface area contributed by atoms with Gasteiger partial charge in [0, 0.05) is 36.7 Å². The van der Waals surface area contributed by atoms with Crippen LogP contribution in [0.15, 0.2) is 30.6 Å². The number of piperidine rings is 1. The molecule has 0 unspecified atom stereocenters. The summed E-state index contributed by atoms with van der Waals surface area (Å²) >= 11 is 0. The van der Waals surface area contributed by atoms with Gasteiger partial charge < -0.3 is 15.5 Å². The first-order chi connectivity index (χ1) is 13.0. The van der Waals surface area contributed by atoms with Crippen molar-refractivity contribution in [3.63, 3.8) is 0 Å². The molecule has 6 nitrogen and oxygen atoms in total. The van der Waals surface area contributed by atoms with Crippen LogP contribution in [0.5, 0.6) is 0 Å². The van der Waals surface area contributed by atoms with Gasteiger partial charge in [-0.2, -0.15) is 0 Å². The van der Waals surface area contributed by atoms with E-state index in [1.165, 1.54) is 18.6 Å². The Labute approximate surface area is 159 Å². The number of carbonyl (C=O) groups excluding carboxylic acids is 1. The summed E-state index contributed by atoms with van der Waals surface area (Å²) in [6.07, 6.45) is 7.06. The first kappa shape index (κ1) is 19.2.